The van der Waals surface area contributed by atoms with Gasteiger partial charge in [-0.15, -0.1) is 0 Å². The molecule has 5 rings (SSSR count). The normalized spacial score (nSPS) is 13.0. The van der Waals surface area contributed by atoms with Gasteiger partial charge >= 0.3 is 0 Å². The maximum Gasteiger partial charge on any atom is 0.182 e. The summed E-state index contributed by atoms with van der Waals surface area (Å²) in [6, 6.07) is 17.5. The lowest BCUT2D eigenvalue weighted by Gasteiger charge is -2.26. The zero-order valence-corrected chi connectivity index (χ0v) is 26.7. The number of hydrogen-bond donors (Lipinski definition) is 1. The van der Waals surface area contributed by atoms with Crippen LogP contribution in [-0.4, -0.2) is 46.1 Å². The third-order valence-electron chi connectivity index (χ3n) is 7.05. The number of aryl methyl sites for hydroxylation is 4. The number of rotatable bonds is 8. The first kappa shape index (κ1) is 32.3. The molecule has 0 saturated carbocycles. The zero-order valence-electron chi connectivity index (χ0n) is 25.9. The molecule has 1 aliphatic rings. The van der Waals surface area contributed by atoms with Gasteiger partial charge in [-0.1, -0.05) is 12.1 Å². The van der Waals surface area contributed by atoms with Gasteiger partial charge < -0.3 is 28.5 Å². The predicted octanol–water partition coefficient (Wildman–Crippen LogP) is 6.40. The number of aromatic hydroxyl groups is 1. The van der Waals surface area contributed by atoms with Crippen LogP contribution in [-0.2, 0) is 0 Å². The highest BCUT2D eigenvalue weighted by atomic mass is 32.2. The molecule has 0 aliphatic carbocycles. The van der Waals surface area contributed by atoms with Crippen molar-refractivity contribution < 1.29 is 19.3 Å². The number of phenols is 1. The summed E-state index contributed by atoms with van der Waals surface area (Å²) in [5.41, 5.74) is 5.46. The van der Waals surface area contributed by atoms with E-state index in [4.69, 9.17) is 14.2 Å². The number of aromatic nitrogens is 2. The van der Waals surface area contributed by atoms with Gasteiger partial charge in [-0.05, 0) is 75.2 Å². The van der Waals surface area contributed by atoms with Crippen LogP contribution in [0.15, 0.2) is 70.3 Å². The SMILES string of the molecule is COc1ccc(/C=C/n2c(C)cc(=O)cc2C)cc1O.COc1ccc(/C=C/n2c(C)cc(=O)cc2C)cc1OC1CSC1. The van der Waals surface area contributed by atoms with E-state index in [0.29, 0.717) is 5.75 Å². The molecule has 0 amide bonds. The second-order valence-electron chi connectivity index (χ2n) is 10.4. The Labute approximate surface area is 261 Å². The molecule has 0 atom stereocenters. The predicted molar refractivity (Wildman–Crippen MR) is 180 cm³/mol. The van der Waals surface area contributed by atoms with Gasteiger partial charge in [0.15, 0.2) is 33.9 Å². The Bertz CT molecular complexity index is 1750. The van der Waals surface area contributed by atoms with Crippen LogP contribution in [0.2, 0.25) is 0 Å². The summed E-state index contributed by atoms with van der Waals surface area (Å²) in [5.74, 6) is 4.12. The molecular weight excluding hydrogens is 576 g/mol. The van der Waals surface area contributed by atoms with Crippen molar-refractivity contribution in [2.75, 3.05) is 25.7 Å². The van der Waals surface area contributed by atoms with Crippen LogP contribution in [0.4, 0.5) is 0 Å². The van der Waals surface area contributed by atoms with Gasteiger partial charge in [-0.25, -0.2) is 0 Å². The van der Waals surface area contributed by atoms with Gasteiger partial charge in [0.2, 0.25) is 0 Å². The summed E-state index contributed by atoms with van der Waals surface area (Å²) in [7, 11) is 3.16. The Morgan fingerprint density at radius 3 is 1.55 bits per heavy atom. The number of methoxy groups -OCH3 is 2. The summed E-state index contributed by atoms with van der Waals surface area (Å²) < 4.78 is 20.3. The lowest BCUT2D eigenvalue weighted by atomic mass is 10.2. The fourth-order valence-corrected chi connectivity index (χ4v) is 5.26. The molecule has 1 aliphatic heterocycles. The van der Waals surface area contributed by atoms with Gasteiger partial charge in [0.25, 0.3) is 0 Å². The average Bonchev–Trinajstić information content (AvgIpc) is 2.94. The lowest BCUT2D eigenvalue weighted by molar-refractivity contribution is 0.228. The van der Waals surface area contributed by atoms with E-state index in [9.17, 15) is 14.7 Å². The second-order valence-corrected chi connectivity index (χ2v) is 11.5. The molecule has 0 spiro atoms. The maximum absolute atomic E-state index is 11.5. The van der Waals surface area contributed by atoms with Crippen molar-refractivity contribution in [3.63, 3.8) is 0 Å². The van der Waals surface area contributed by atoms with E-state index in [0.717, 1.165) is 56.9 Å². The van der Waals surface area contributed by atoms with E-state index in [2.05, 4.69) is 0 Å². The Morgan fingerprint density at radius 2 is 1.14 bits per heavy atom. The van der Waals surface area contributed by atoms with Crippen LogP contribution >= 0.6 is 11.8 Å². The van der Waals surface area contributed by atoms with Gasteiger partial charge in [-0.3, -0.25) is 9.59 Å². The Balaban J connectivity index is 0.000000204. The van der Waals surface area contributed by atoms with Gasteiger partial charge in [-0.2, -0.15) is 11.8 Å². The molecule has 0 unspecified atom stereocenters. The topological polar surface area (TPSA) is 91.9 Å². The largest absolute Gasteiger partial charge is 0.504 e. The molecule has 0 bridgehead atoms. The highest BCUT2D eigenvalue weighted by molar-refractivity contribution is 8.00. The minimum Gasteiger partial charge on any atom is -0.504 e. The number of thioether (sulfide) groups is 1. The van der Waals surface area contributed by atoms with E-state index in [-0.39, 0.29) is 22.7 Å². The summed E-state index contributed by atoms with van der Waals surface area (Å²) in [4.78, 5) is 22.9. The summed E-state index contributed by atoms with van der Waals surface area (Å²) in [6.07, 6.45) is 7.97. The first-order chi connectivity index (χ1) is 21.1. The molecule has 3 heterocycles. The first-order valence-electron chi connectivity index (χ1n) is 14.1. The number of pyridine rings is 2. The quantitative estimate of drug-likeness (QED) is 0.246. The van der Waals surface area contributed by atoms with E-state index in [1.54, 1.807) is 43.5 Å². The van der Waals surface area contributed by atoms with Crippen LogP contribution in [0.5, 0.6) is 23.0 Å². The number of hydrogen-bond acceptors (Lipinski definition) is 7. The van der Waals surface area contributed by atoms with Crippen molar-refractivity contribution in [1.29, 1.82) is 0 Å². The molecule has 1 saturated heterocycles. The fraction of sp³-hybridized carbons (Fsp3) is 0.257. The van der Waals surface area contributed by atoms with E-state index in [1.807, 2.05) is 97.4 Å². The Hall–Kier alpha value is -4.63. The molecule has 1 N–H and O–H groups in total. The molecule has 2 aromatic carbocycles. The second kappa shape index (κ2) is 14.7. The summed E-state index contributed by atoms with van der Waals surface area (Å²) >= 11 is 1.89. The fourth-order valence-electron chi connectivity index (χ4n) is 4.69. The third-order valence-corrected chi connectivity index (χ3v) is 8.26. The smallest absolute Gasteiger partial charge is 0.182 e. The molecule has 9 heteroatoms. The molecule has 1 fully saturated rings. The first-order valence-corrected chi connectivity index (χ1v) is 15.3. The van der Waals surface area contributed by atoms with Crippen LogP contribution in [0, 0.1) is 27.7 Å². The summed E-state index contributed by atoms with van der Waals surface area (Å²) in [5, 5.41) is 9.73. The number of ether oxygens (including phenoxy) is 3. The number of phenolic OH excluding ortho intramolecular Hbond substituents is 1. The Morgan fingerprint density at radius 1 is 0.682 bits per heavy atom. The monoisotopic (exact) mass is 614 g/mol. The van der Waals surface area contributed by atoms with Crippen LogP contribution in [0.25, 0.3) is 24.6 Å². The number of nitrogens with zero attached hydrogens (tertiary/aromatic N) is 2. The highest BCUT2D eigenvalue weighted by Crippen LogP contribution is 2.33. The third kappa shape index (κ3) is 8.26. The average molecular weight is 615 g/mol. The van der Waals surface area contributed by atoms with Crippen LogP contribution in [0.1, 0.15) is 33.9 Å². The summed E-state index contributed by atoms with van der Waals surface area (Å²) in [6.45, 7) is 7.61. The van der Waals surface area contributed by atoms with E-state index in [1.165, 1.54) is 7.11 Å². The van der Waals surface area contributed by atoms with Crippen LogP contribution in [0.3, 0.4) is 0 Å². The van der Waals surface area contributed by atoms with Crippen molar-refractivity contribution >= 4 is 36.3 Å². The molecule has 44 heavy (non-hydrogen) atoms. The van der Waals surface area contributed by atoms with Crippen LogP contribution < -0.4 is 25.1 Å². The van der Waals surface area contributed by atoms with Crippen molar-refractivity contribution in [2.45, 2.75) is 33.8 Å². The van der Waals surface area contributed by atoms with E-state index >= 15 is 0 Å². The molecule has 0 radical (unpaired) electrons. The van der Waals surface area contributed by atoms with Crippen molar-refractivity contribution in [3.05, 3.63) is 115 Å². The zero-order chi connectivity index (χ0) is 31.8. The standard InChI is InChI=1S/C19H21NO3S.C16H17NO3/c1-13-8-16(21)9-14(2)20(13)7-6-15-4-5-18(22-3)19(10-15)23-17-11-24-12-17;1-11-8-14(18)9-12(2)17(11)7-6-13-4-5-16(20-3)15(19)10-13/h4-10,17H,11-12H2,1-3H3;4-10,19H,1-3H3/b2*7-6+. The number of benzene rings is 2. The van der Waals surface area contributed by atoms with Gasteiger partial charge in [0.1, 0.15) is 6.10 Å². The van der Waals surface area contributed by atoms with E-state index < -0.39 is 0 Å². The molecule has 8 nitrogen and oxygen atoms in total. The van der Waals surface area contributed by atoms with Crippen molar-refractivity contribution in [3.8, 4) is 23.0 Å². The molecule has 2 aromatic heterocycles. The lowest BCUT2D eigenvalue weighted by Crippen LogP contribution is -2.31. The van der Waals surface area contributed by atoms with Gasteiger partial charge in [0.05, 0.1) is 14.2 Å². The van der Waals surface area contributed by atoms with Crippen molar-refractivity contribution in [1.82, 2.24) is 9.13 Å². The van der Waals surface area contributed by atoms with Gasteiger partial charge in [0, 0.05) is 70.9 Å². The Kier molecular flexibility index (Phi) is 10.8. The maximum atomic E-state index is 11.5. The highest BCUT2D eigenvalue weighted by Gasteiger charge is 2.21. The molecule has 230 valence electrons. The molecular formula is C35H38N2O6S. The minimum atomic E-state index is 0.00624. The van der Waals surface area contributed by atoms with Crippen molar-refractivity contribution in [2.24, 2.45) is 0 Å². The molecule has 4 aromatic rings. The minimum absolute atomic E-state index is 0.00624.